The molecule has 1 amide bonds. The molecule has 11 heteroatoms. The van der Waals surface area contributed by atoms with Gasteiger partial charge >= 0.3 is 29.6 Å². The molecule has 2 aliphatic rings. The van der Waals surface area contributed by atoms with Gasteiger partial charge in [0.05, 0.1) is 31.8 Å². The summed E-state index contributed by atoms with van der Waals surface area (Å²) < 4.78 is 17.7. The van der Waals surface area contributed by atoms with E-state index in [2.05, 4.69) is 20.6 Å². The van der Waals surface area contributed by atoms with Gasteiger partial charge in [-0.05, 0) is 46.3 Å². The Hall–Kier alpha value is -3.73. The number of amides is 1. The molecule has 4 aromatic rings. The number of carbonyl (C=O) groups is 2. The minimum atomic E-state index is -0.636. The molecule has 1 saturated heterocycles. The molecule has 0 saturated carbocycles. The fourth-order valence-electron chi connectivity index (χ4n) is 5.43. The number of aromatic amines is 1. The normalized spacial score (nSPS) is 15.6. The van der Waals surface area contributed by atoms with Crippen LogP contribution in [-0.4, -0.2) is 99.7 Å². The van der Waals surface area contributed by atoms with Crippen molar-refractivity contribution in [1.82, 2.24) is 25.5 Å². The third-order valence-corrected chi connectivity index (χ3v) is 7.49. The molecule has 0 unspecified atom stereocenters. The van der Waals surface area contributed by atoms with Crippen molar-refractivity contribution in [3.63, 3.8) is 0 Å². The van der Waals surface area contributed by atoms with E-state index in [-0.39, 0.29) is 47.7 Å². The number of carbonyl (C=O) groups excluding carboxylic acids is 2. The van der Waals surface area contributed by atoms with E-state index in [4.69, 9.17) is 14.2 Å². The van der Waals surface area contributed by atoms with Gasteiger partial charge in [0.15, 0.2) is 11.6 Å². The van der Waals surface area contributed by atoms with Crippen molar-refractivity contribution in [2.75, 3.05) is 27.3 Å². The Morgan fingerprint density at radius 3 is 2.30 bits per heavy atom. The van der Waals surface area contributed by atoms with E-state index in [1.165, 1.54) is 0 Å². The third kappa shape index (κ3) is 5.10. The summed E-state index contributed by atoms with van der Waals surface area (Å²) >= 11 is 0. The molecule has 0 atom stereocenters. The first-order valence-corrected chi connectivity index (χ1v) is 12.7. The van der Waals surface area contributed by atoms with E-state index in [0.717, 1.165) is 16.7 Å². The van der Waals surface area contributed by atoms with Crippen LogP contribution in [0.3, 0.4) is 0 Å². The fourth-order valence-corrected chi connectivity index (χ4v) is 5.43. The van der Waals surface area contributed by atoms with E-state index in [0.29, 0.717) is 60.1 Å². The molecule has 1 fully saturated rings. The number of piperidine rings is 1. The Kier molecular flexibility index (Phi) is 7.93. The number of rotatable bonds is 5. The standard InChI is InChI=1S/C29H27N5O5.Na.H/c1-37-24-15-20(16-25(38-2)26(24)18-6-4-3-5-7-18)28(36)34-12-10-29(11-13-34)17-22(35)21-14-19(8-9-23(21)39-29)27-30-32-33-31-27;;/h3-9,14-16H,10-13,17H2,1-2H3,(H,30,31,32,33);;. The Labute approximate surface area is 253 Å². The van der Waals surface area contributed by atoms with Crippen LogP contribution in [0.25, 0.3) is 22.5 Å². The van der Waals surface area contributed by atoms with Gasteiger partial charge < -0.3 is 19.1 Å². The molecule has 3 heterocycles. The van der Waals surface area contributed by atoms with Gasteiger partial charge in [0, 0.05) is 37.1 Å². The summed E-state index contributed by atoms with van der Waals surface area (Å²) in [7, 11) is 3.17. The first-order chi connectivity index (χ1) is 19.0. The minimum absolute atomic E-state index is 0. The summed E-state index contributed by atoms with van der Waals surface area (Å²) in [5.74, 6) is 2.06. The van der Waals surface area contributed by atoms with E-state index >= 15 is 0 Å². The molecule has 0 radical (unpaired) electrons. The van der Waals surface area contributed by atoms with Crippen LogP contribution in [0.4, 0.5) is 0 Å². The maximum absolute atomic E-state index is 13.6. The molecule has 3 aromatic carbocycles. The van der Waals surface area contributed by atoms with E-state index in [1.54, 1.807) is 43.4 Å². The molecule has 6 rings (SSSR count). The number of methoxy groups -OCH3 is 2. The molecular weight excluding hydrogens is 521 g/mol. The van der Waals surface area contributed by atoms with Crippen molar-refractivity contribution in [2.24, 2.45) is 0 Å². The van der Waals surface area contributed by atoms with Gasteiger partial charge in [-0.2, -0.15) is 0 Å². The predicted molar refractivity (Wildman–Crippen MR) is 149 cm³/mol. The third-order valence-electron chi connectivity index (χ3n) is 7.49. The molecule has 1 aromatic heterocycles. The number of likely N-dealkylation sites (tertiary alicyclic amines) is 1. The van der Waals surface area contributed by atoms with E-state index in [1.807, 2.05) is 36.4 Å². The van der Waals surface area contributed by atoms with Gasteiger partial charge in [-0.3, -0.25) is 9.59 Å². The second-order valence-electron chi connectivity index (χ2n) is 9.76. The summed E-state index contributed by atoms with van der Waals surface area (Å²) in [6.07, 6.45) is 1.36. The molecule has 200 valence electrons. The summed E-state index contributed by atoms with van der Waals surface area (Å²) in [6.45, 7) is 0.933. The Morgan fingerprint density at radius 2 is 1.68 bits per heavy atom. The molecular formula is C29H28N5NaO5. The number of hydrogen-bond donors (Lipinski definition) is 1. The summed E-state index contributed by atoms with van der Waals surface area (Å²) in [5, 5.41) is 13.8. The van der Waals surface area contributed by atoms with Crippen LogP contribution in [0.2, 0.25) is 0 Å². The second kappa shape index (κ2) is 11.4. The summed E-state index contributed by atoms with van der Waals surface area (Å²) in [4.78, 5) is 28.5. The molecule has 40 heavy (non-hydrogen) atoms. The number of nitrogens with one attached hydrogen (secondary N) is 1. The van der Waals surface area contributed by atoms with E-state index in [9.17, 15) is 9.59 Å². The van der Waals surface area contributed by atoms with Gasteiger partial charge in [0.1, 0.15) is 22.8 Å². The molecule has 2 aliphatic heterocycles. The van der Waals surface area contributed by atoms with Crippen molar-refractivity contribution >= 4 is 41.2 Å². The number of fused-ring (bicyclic) bond motifs is 1. The molecule has 10 nitrogen and oxygen atoms in total. The number of nitrogens with zero attached hydrogens (tertiary/aromatic N) is 4. The predicted octanol–water partition coefficient (Wildman–Crippen LogP) is 3.54. The van der Waals surface area contributed by atoms with Gasteiger partial charge in [0.2, 0.25) is 0 Å². The Balaban J connectivity index is 0.00000323. The molecule has 0 aliphatic carbocycles. The van der Waals surface area contributed by atoms with Crippen molar-refractivity contribution in [3.05, 3.63) is 71.8 Å². The first kappa shape index (κ1) is 27.8. The van der Waals surface area contributed by atoms with Crippen LogP contribution in [-0.2, 0) is 0 Å². The van der Waals surface area contributed by atoms with Crippen molar-refractivity contribution in [2.45, 2.75) is 24.9 Å². The average molecular weight is 550 g/mol. The Morgan fingerprint density at radius 1 is 0.975 bits per heavy atom. The summed E-state index contributed by atoms with van der Waals surface area (Å²) in [6, 6.07) is 18.7. The van der Waals surface area contributed by atoms with E-state index < -0.39 is 5.60 Å². The molecule has 1 N–H and O–H groups in total. The zero-order valence-electron chi connectivity index (χ0n) is 21.6. The number of tetrazole rings is 1. The van der Waals surface area contributed by atoms with Crippen molar-refractivity contribution < 1.29 is 23.8 Å². The molecule has 0 bridgehead atoms. The first-order valence-electron chi connectivity index (χ1n) is 12.7. The zero-order valence-corrected chi connectivity index (χ0v) is 21.6. The quantitative estimate of drug-likeness (QED) is 0.376. The number of ketones is 1. The van der Waals surface area contributed by atoms with Crippen molar-refractivity contribution in [3.8, 4) is 39.8 Å². The van der Waals surface area contributed by atoms with Crippen LogP contribution >= 0.6 is 0 Å². The number of ether oxygens (including phenoxy) is 3. The van der Waals surface area contributed by atoms with Crippen LogP contribution in [0, 0.1) is 0 Å². The number of hydrogen-bond acceptors (Lipinski definition) is 8. The molecule has 1 spiro atoms. The fraction of sp³-hybridized carbons (Fsp3) is 0.276. The van der Waals surface area contributed by atoms with Crippen molar-refractivity contribution in [1.29, 1.82) is 0 Å². The summed E-state index contributed by atoms with van der Waals surface area (Å²) in [5.41, 5.74) is 2.82. The topological polar surface area (TPSA) is 120 Å². The maximum atomic E-state index is 13.6. The zero-order chi connectivity index (χ0) is 27.0. The van der Waals surface area contributed by atoms with Gasteiger partial charge in [-0.15, -0.1) is 5.10 Å². The van der Waals surface area contributed by atoms with Crippen LogP contribution in [0.15, 0.2) is 60.7 Å². The SMILES string of the molecule is COc1cc(C(=O)N2CCC3(CC2)CC(=O)c2cc(-c4nnn[nH]4)ccc2O3)cc(OC)c1-c1ccccc1.[NaH]. The second-order valence-corrected chi connectivity index (χ2v) is 9.76. The average Bonchev–Trinajstić information content (AvgIpc) is 3.52. The van der Waals surface area contributed by atoms with Gasteiger partial charge in [-0.1, -0.05) is 30.3 Å². The number of aromatic nitrogens is 4. The van der Waals surface area contributed by atoms with Crippen LogP contribution < -0.4 is 14.2 Å². The monoisotopic (exact) mass is 549 g/mol. The van der Waals surface area contributed by atoms with Gasteiger partial charge in [-0.25, -0.2) is 5.10 Å². The van der Waals surface area contributed by atoms with Gasteiger partial charge in [0.25, 0.3) is 5.91 Å². The Bertz CT molecular complexity index is 1510. The number of H-pyrrole nitrogens is 1. The number of Topliss-reactive ketones (excluding diaryl/α,β-unsaturated/α-hetero) is 1. The van der Waals surface area contributed by atoms with Crippen LogP contribution in [0.1, 0.15) is 40.0 Å². The number of benzene rings is 3. The van der Waals surface area contributed by atoms with Crippen LogP contribution in [0.5, 0.6) is 17.2 Å².